The number of hydrogen-bond donors (Lipinski definition) is 1. The van der Waals surface area contributed by atoms with Crippen molar-refractivity contribution in [3.8, 4) is 0 Å². The second-order valence-corrected chi connectivity index (χ2v) is 2.71. The van der Waals surface area contributed by atoms with Crippen LogP contribution in [0.4, 0.5) is 0 Å². The van der Waals surface area contributed by atoms with Crippen LogP contribution >= 0.6 is 0 Å². The van der Waals surface area contributed by atoms with E-state index in [2.05, 4.69) is 5.32 Å². The lowest BCUT2D eigenvalue weighted by molar-refractivity contribution is -0.131. The van der Waals surface area contributed by atoms with Gasteiger partial charge in [-0.1, -0.05) is 6.92 Å². The van der Waals surface area contributed by atoms with Gasteiger partial charge >= 0.3 is 0 Å². The molecule has 0 bridgehead atoms. The highest BCUT2D eigenvalue weighted by molar-refractivity contribution is 5.96. The van der Waals surface area contributed by atoms with Gasteiger partial charge in [-0.05, 0) is 12.8 Å². The fourth-order valence-electron chi connectivity index (χ4n) is 1.02. The van der Waals surface area contributed by atoms with Crippen LogP contribution in [0.1, 0.15) is 26.2 Å². The normalized spacial score (nSPS) is 27.5. The molecule has 1 N–H and O–H groups in total. The third-order valence-electron chi connectivity index (χ3n) is 1.75. The molecule has 2 amide bonds. The van der Waals surface area contributed by atoms with Crippen molar-refractivity contribution in [3.05, 3.63) is 0 Å². The number of carbonyl (C=O) groups is 2. The van der Waals surface area contributed by atoms with E-state index in [1.165, 1.54) is 0 Å². The fourth-order valence-corrected chi connectivity index (χ4v) is 1.02. The Hall–Kier alpha value is -0.860. The number of amides is 2. The van der Waals surface area contributed by atoms with E-state index in [1.807, 2.05) is 6.92 Å². The van der Waals surface area contributed by atoms with Gasteiger partial charge in [-0.3, -0.25) is 14.9 Å². The van der Waals surface area contributed by atoms with Crippen molar-refractivity contribution in [2.45, 2.75) is 26.2 Å². The molecule has 0 radical (unpaired) electrons. The quantitative estimate of drug-likeness (QED) is 0.498. The van der Waals surface area contributed by atoms with Gasteiger partial charge in [0.05, 0.1) is 0 Å². The van der Waals surface area contributed by atoms with Gasteiger partial charge in [-0.15, -0.1) is 0 Å². The second-order valence-electron chi connectivity index (χ2n) is 2.71. The lowest BCUT2D eigenvalue weighted by Crippen LogP contribution is -2.31. The number of nitrogens with one attached hydrogen (secondary N) is 1. The van der Waals surface area contributed by atoms with Crippen LogP contribution in [0.5, 0.6) is 0 Å². The van der Waals surface area contributed by atoms with E-state index in [9.17, 15) is 9.59 Å². The van der Waals surface area contributed by atoms with Gasteiger partial charge < -0.3 is 0 Å². The molecule has 3 nitrogen and oxygen atoms in total. The van der Waals surface area contributed by atoms with E-state index >= 15 is 0 Å². The highest BCUT2D eigenvalue weighted by atomic mass is 16.2. The molecule has 0 unspecified atom stereocenters. The summed E-state index contributed by atoms with van der Waals surface area (Å²) in [5, 5.41) is 2.31. The van der Waals surface area contributed by atoms with Crippen molar-refractivity contribution in [1.82, 2.24) is 5.32 Å². The minimum atomic E-state index is -0.130. The van der Waals surface area contributed by atoms with Crippen LogP contribution in [0.2, 0.25) is 0 Å². The molecule has 1 aliphatic rings. The van der Waals surface area contributed by atoms with E-state index in [0.29, 0.717) is 6.42 Å². The first-order valence-electron chi connectivity index (χ1n) is 3.54. The van der Waals surface area contributed by atoms with Gasteiger partial charge in [-0.25, -0.2) is 0 Å². The van der Waals surface area contributed by atoms with Crippen LogP contribution in [0.3, 0.4) is 0 Å². The molecule has 0 aliphatic carbocycles. The minimum absolute atomic E-state index is 0.00597. The Morgan fingerprint density at radius 1 is 1.50 bits per heavy atom. The smallest absolute Gasteiger partial charge is 0.229 e. The molecule has 0 spiro atoms. The number of carbonyl (C=O) groups excluding carboxylic acids is 2. The zero-order valence-corrected chi connectivity index (χ0v) is 6.02. The zero-order chi connectivity index (χ0) is 7.56. The van der Waals surface area contributed by atoms with Gasteiger partial charge in [0.15, 0.2) is 0 Å². The van der Waals surface area contributed by atoms with Crippen molar-refractivity contribution < 1.29 is 9.59 Å². The summed E-state index contributed by atoms with van der Waals surface area (Å²) in [5.74, 6) is -0.247. The van der Waals surface area contributed by atoms with E-state index in [0.717, 1.165) is 12.8 Å². The molecule has 1 saturated heterocycles. The third kappa shape index (κ3) is 1.56. The standard InChI is InChI=1S/C7H11NO2/c1-5-3-2-4-6(9)8-7(5)10/h5H,2-4H2,1H3,(H,8,9,10)/t5-/m0/s1. The van der Waals surface area contributed by atoms with Crippen molar-refractivity contribution >= 4 is 11.8 Å². The maximum absolute atomic E-state index is 10.9. The van der Waals surface area contributed by atoms with Crippen molar-refractivity contribution in [3.63, 3.8) is 0 Å². The van der Waals surface area contributed by atoms with Crippen molar-refractivity contribution in [1.29, 1.82) is 0 Å². The van der Waals surface area contributed by atoms with Crippen molar-refractivity contribution in [2.75, 3.05) is 0 Å². The average Bonchev–Trinajstić information content (AvgIpc) is 1.96. The number of imide groups is 1. The Bertz CT molecular complexity index is 165. The summed E-state index contributed by atoms with van der Waals surface area (Å²) in [5.41, 5.74) is 0. The zero-order valence-electron chi connectivity index (χ0n) is 6.02. The molecule has 3 heteroatoms. The molecule has 56 valence electrons. The molecular formula is C7H11NO2. The summed E-state index contributed by atoms with van der Waals surface area (Å²) in [6.45, 7) is 1.84. The monoisotopic (exact) mass is 141 g/mol. The fraction of sp³-hybridized carbons (Fsp3) is 0.714. The lowest BCUT2D eigenvalue weighted by Gasteiger charge is -2.02. The maximum atomic E-state index is 10.9. The van der Waals surface area contributed by atoms with E-state index in [-0.39, 0.29) is 17.7 Å². The molecule has 1 atom stereocenters. The van der Waals surface area contributed by atoms with Gasteiger partial charge in [0.2, 0.25) is 11.8 Å². The minimum Gasteiger partial charge on any atom is -0.296 e. The van der Waals surface area contributed by atoms with Crippen LogP contribution in [0, 0.1) is 5.92 Å². The predicted octanol–water partition coefficient (Wildman–Crippen LogP) is 0.449. The van der Waals surface area contributed by atoms with Gasteiger partial charge in [0.25, 0.3) is 0 Å². The summed E-state index contributed by atoms with van der Waals surface area (Å²) in [6.07, 6.45) is 2.16. The molecule has 10 heavy (non-hydrogen) atoms. The van der Waals surface area contributed by atoms with Crippen molar-refractivity contribution in [2.24, 2.45) is 5.92 Å². The first kappa shape index (κ1) is 7.25. The summed E-state index contributed by atoms with van der Waals surface area (Å²) in [7, 11) is 0. The van der Waals surface area contributed by atoms with Gasteiger partial charge in [-0.2, -0.15) is 0 Å². The van der Waals surface area contributed by atoms with Crippen LogP contribution in [-0.2, 0) is 9.59 Å². The van der Waals surface area contributed by atoms with Gasteiger partial charge in [0.1, 0.15) is 0 Å². The Morgan fingerprint density at radius 2 is 2.20 bits per heavy atom. The second kappa shape index (κ2) is 2.82. The molecule has 1 fully saturated rings. The summed E-state index contributed by atoms with van der Waals surface area (Å²) in [4.78, 5) is 21.6. The molecule has 1 aliphatic heterocycles. The highest BCUT2D eigenvalue weighted by Gasteiger charge is 2.19. The first-order chi connectivity index (χ1) is 4.70. The van der Waals surface area contributed by atoms with E-state index in [4.69, 9.17) is 0 Å². The van der Waals surface area contributed by atoms with E-state index in [1.54, 1.807) is 0 Å². The molecule has 0 saturated carbocycles. The molecule has 0 aromatic carbocycles. The Morgan fingerprint density at radius 3 is 2.90 bits per heavy atom. The van der Waals surface area contributed by atoms with Crippen LogP contribution in [0.15, 0.2) is 0 Å². The lowest BCUT2D eigenvalue weighted by atomic mass is 10.1. The Kier molecular flexibility index (Phi) is 2.04. The topological polar surface area (TPSA) is 46.2 Å². The summed E-state index contributed by atoms with van der Waals surface area (Å²) < 4.78 is 0. The maximum Gasteiger partial charge on any atom is 0.229 e. The summed E-state index contributed by atoms with van der Waals surface area (Å²) in [6, 6.07) is 0. The third-order valence-corrected chi connectivity index (χ3v) is 1.75. The number of hydrogen-bond acceptors (Lipinski definition) is 2. The predicted molar refractivity (Wildman–Crippen MR) is 36.2 cm³/mol. The molecule has 0 aromatic rings. The molecular weight excluding hydrogens is 130 g/mol. The largest absolute Gasteiger partial charge is 0.296 e. The van der Waals surface area contributed by atoms with E-state index < -0.39 is 0 Å². The molecule has 1 heterocycles. The highest BCUT2D eigenvalue weighted by Crippen LogP contribution is 2.11. The van der Waals surface area contributed by atoms with Crippen LogP contribution in [0.25, 0.3) is 0 Å². The first-order valence-corrected chi connectivity index (χ1v) is 3.54. The summed E-state index contributed by atoms with van der Waals surface area (Å²) >= 11 is 0. The number of rotatable bonds is 0. The van der Waals surface area contributed by atoms with Crippen LogP contribution < -0.4 is 5.32 Å². The Labute approximate surface area is 59.8 Å². The molecule has 1 rings (SSSR count). The van der Waals surface area contributed by atoms with Crippen LogP contribution in [-0.4, -0.2) is 11.8 Å². The van der Waals surface area contributed by atoms with Gasteiger partial charge in [0, 0.05) is 12.3 Å². The SMILES string of the molecule is C[C@H]1CCCC(=O)NC1=O. The average molecular weight is 141 g/mol. The molecule has 0 aromatic heterocycles. The Balaban J connectivity index is 2.57.